The largest absolute Gasteiger partial charge is 0.497 e. The standard InChI is InChI=1S/C18H21NO/c1-20-16-11-9-14(10-12-16)13-5-7-15(8-6-13)17-3-2-4-18(17)19/h5-12,17-18H,2-4,19H2,1H3. The maximum absolute atomic E-state index is 6.18. The van der Waals surface area contributed by atoms with E-state index in [0.29, 0.717) is 12.0 Å². The van der Waals surface area contributed by atoms with E-state index in [9.17, 15) is 0 Å². The molecule has 0 bridgehead atoms. The summed E-state index contributed by atoms with van der Waals surface area (Å²) < 4.78 is 5.19. The minimum Gasteiger partial charge on any atom is -0.497 e. The highest BCUT2D eigenvalue weighted by Crippen LogP contribution is 2.34. The molecule has 2 aromatic carbocycles. The number of hydrogen-bond donors (Lipinski definition) is 1. The molecule has 20 heavy (non-hydrogen) atoms. The summed E-state index contributed by atoms with van der Waals surface area (Å²) in [7, 11) is 1.69. The number of benzene rings is 2. The van der Waals surface area contributed by atoms with Crippen molar-refractivity contribution < 1.29 is 4.74 Å². The van der Waals surface area contributed by atoms with Crippen LogP contribution >= 0.6 is 0 Å². The molecular weight excluding hydrogens is 246 g/mol. The predicted octanol–water partition coefficient (Wildman–Crippen LogP) is 3.96. The van der Waals surface area contributed by atoms with Gasteiger partial charge in [0.05, 0.1) is 7.11 Å². The van der Waals surface area contributed by atoms with E-state index in [1.807, 2.05) is 12.1 Å². The molecule has 0 heterocycles. The van der Waals surface area contributed by atoms with E-state index in [4.69, 9.17) is 10.5 Å². The second-order valence-corrected chi connectivity index (χ2v) is 5.55. The van der Waals surface area contributed by atoms with Crippen LogP contribution < -0.4 is 10.5 Å². The van der Waals surface area contributed by atoms with Gasteiger partial charge in [0, 0.05) is 6.04 Å². The van der Waals surface area contributed by atoms with Crippen molar-refractivity contribution in [2.45, 2.75) is 31.2 Å². The lowest BCUT2D eigenvalue weighted by Gasteiger charge is -2.16. The van der Waals surface area contributed by atoms with Crippen molar-refractivity contribution in [2.75, 3.05) is 7.11 Å². The molecule has 2 atom stereocenters. The molecule has 0 aliphatic heterocycles. The molecule has 2 unspecified atom stereocenters. The third-order valence-corrected chi connectivity index (χ3v) is 4.33. The first kappa shape index (κ1) is 13.2. The van der Waals surface area contributed by atoms with E-state index in [0.717, 1.165) is 12.2 Å². The summed E-state index contributed by atoms with van der Waals surface area (Å²) in [5.74, 6) is 1.43. The van der Waals surface area contributed by atoms with E-state index in [1.54, 1.807) is 7.11 Å². The monoisotopic (exact) mass is 267 g/mol. The maximum Gasteiger partial charge on any atom is 0.118 e. The van der Waals surface area contributed by atoms with Crippen molar-refractivity contribution in [3.8, 4) is 16.9 Å². The van der Waals surface area contributed by atoms with Crippen molar-refractivity contribution in [3.63, 3.8) is 0 Å². The minimum absolute atomic E-state index is 0.335. The van der Waals surface area contributed by atoms with Gasteiger partial charge in [-0.1, -0.05) is 42.8 Å². The van der Waals surface area contributed by atoms with Crippen LogP contribution in [0.3, 0.4) is 0 Å². The van der Waals surface area contributed by atoms with E-state index in [1.165, 1.54) is 29.5 Å². The van der Waals surface area contributed by atoms with Crippen LogP contribution in [0.25, 0.3) is 11.1 Å². The van der Waals surface area contributed by atoms with Gasteiger partial charge in [0.25, 0.3) is 0 Å². The Kier molecular flexibility index (Phi) is 3.75. The lowest BCUT2D eigenvalue weighted by atomic mass is 9.93. The molecule has 2 nitrogen and oxygen atoms in total. The molecule has 1 aliphatic rings. The van der Waals surface area contributed by atoms with Gasteiger partial charge in [-0.15, -0.1) is 0 Å². The van der Waals surface area contributed by atoms with Crippen LogP contribution in [-0.4, -0.2) is 13.2 Å². The van der Waals surface area contributed by atoms with Crippen molar-refractivity contribution in [2.24, 2.45) is 5.73 Å². The van der Waals surface area contributed by atoms with Crippen LogP contribution in [0.15, 0.2) is 48.5 Å². The topological polar surface area (TPSA) is 35.2 Å². The predicted molar refractivity (Wildman–Crippen MR) is 83.0 cm³/mol. The summed E-state index contributed by atoms with van der Waals surface area (Å²) in [6, 6.07) is 17.4. The molecule has 2 aromatic rings. The van der Waals surface area contributed by atoms with E-state index in [2.05, 4.69) is 36.4 Å². The summed E-state index contributed by atoms with van der Waals surface area (Å²) in [6.45, 7) is 0. The number of ether oxygens (including phenoxy) is 1. The first-order valence-corrected chi connectivity index (χ1v) is 7.28. The quantitative estimate of drug-likeness (QED) is 0.913. The maximum atomic E-state index is 6.18. The molecule has 0 radical (unpaired) electrons. The first-order chi connectivity index (χ1) is 9.78. The van der Waals surface area contributed by atoms with Gasteiger partial charge < -0.3 is 10.5 Å². The van der Waals surface area contributed by atoms with Gasteiger partial charge in [-0.25, -0.2) is 0 Å². The van der Waals surface area contributed by atoms with Crippen molar-refractivity contribution >= 4 is 0 Å². The summed E-state index contributed by atoms with van der Waals surface area (Å²) >= 11 is 0. The fraction of sp³-hybridized carbons (Fsp3) is 0.333. The number of hydrogen-bond acceptors (Lipinski definition) is 2. The third kappa shape index (κ3) is 2.56. The highest BCUT2D eigenvalue weighted by molar-refractivity contribution is 5.64. The van der Waals surface area contributed by atoms with Gasteiger partial charge >= 0.3 is 0 Å². The fourth-order valence-corrected chi connectivity index (χ4v) is 3.11. The summed E-state index contributed by atoms with van der Waals surface area (Å²) in [4.78, 5) is 0. The lowest BCUT2D eigenvalue weighted by Crippen LogP contribution is -2.22. The Bertz CT molecular complexity index is 559. The Morgan fingerprint density at radius 2 is 1.50 bits per heavy atom. The van der Waals surface area contributed by atoms with Crippen LogP contribution in [0.4, 0.5) is 0 Å². The number of methoxy groups -OCH3 is 1. The van der Waals surface area contributed by atoms with Gasteiger partial charge in [0.1, 0.15) is 5.75 Å². The third-order valence-electron chi connectivity index (χ3n) is 4.33. The smallest absolute Gasteiger partial charge is 0.118 e. The molecule has 0 spiro atoms. The normalized spacial score (nSPS) is 21.9. The number of nitrogens with two attached hydrogens (primary N) is 1. The van der Waals surface area contributed by atoms with E-state index < -0.39 is 0 Å². The minimum atomic E-state index is 0.335. The second-order valence-electron chi connectivity index (χ2n) is 5.55. The Labute approximate surface area is 120 Å². The van der Waals surface area contributed by atoms with Crippen molar-refractivity contribution in [1.29, 1.82) is 0 Å². The van der Waals surface area contributed by atoms with E-state index >= 15 is 0 Å². The molecule has 1 saturated carbocycles. The molecule has 104 valence electrons. The summed E-state index contributed by atoms with van der Waals surface area (Å²) in [5.41, 5.74) is 10.0. The SMILES string of the molecule is COc1ccc(-c2ccc(C3CCCC3N)cc2)cc1. The molecule has 2 heteroatoms. The van der Waals surface area contributed by atoms with Crippen LogP contribution in [0.2, 0.25) is 0 Å². The fourth-order valence-electron chi connectivity index (χ4n) is 3.11. The van der Waals surface area contributed by atoms with Crippen molar-refractivity contribution in [3.05, 3.63) is 54.1 Å². The van der Waals surface area contributed by atoms with Gasteiger partial charge in [-0.05, 0) is 47.6 Å². The van der Waals surface area contributed by atoms with Crippen LogP contribution in [0.1, 0.15) is 30.7 Å². The average Bonchev–Trinajstić information content (AvgIpc) is 2.94. The zero-order valence-electron chi connectivity index (χ0n) is 11.9. The van der Waals surface area contributed by atoms with Crippen LogP contribution in [-0.2, 0) is 0 Å². The Hall–Kier alpha value is -1.80. The molecular formula is C18H21NO. The summed E-state index contributed by atoms with van der Waals surface area (Å²) in [5, 5.41) is 0. The second kappa shape index (κ2) is 5.68. The molecule has 0 aromatic heterocycles. The van der Waals surface area contributed by atoms with Crippen LogP contribution in [0.5, 0.6) is 5.75 Å². The molecule has 1 fully saturated rings. The summed E-state index contributed by atoms with van der Waals surface area (Å²) in [6.07, 6.45) is 3.64. The van der Waals surface area contributed by atoms with Gasteiger partial charge in [-0.2, -0.15) is 0 Å². The zero-order valence-corrected chi connectivity index (χ0v) is 11.9. The lowest BCUT2D eigenvalue weighted by molar-refractivity contribution is 0.415. The Morgan fingerprint density at radius 1 is 0.900 bits per heavy atom. The Balaban J connectivity index is 1.81. The van der Waals surface area contributed by atoms with E-state index in [-0.39, 0.29) is 0 Å². The zero-order chi connectivity index (χ0) is 13.9. The van der Waals surface area contributed by atoms with Crippen LogP contribution in [0, 0.1) is 0 Å². The van der Waals surface area contributed by atoms with Gasteiger partial charge in [0.2, 0.25) is 0 Å². The molecule has 1 aliphatic carbocycles. The van der Waals surface area contributed by atoms with Gasteiger partial charge in [0.15, 0.2) is 0 Å². The first-order valence-electron chi connectivity index (χ1n) is 7.28. The Morgan fingerprint density at radius 3 is 2.00 bits per heavy atom. The highest BCUT2D eigenvalue weighted by Gasteiger charge is 2.25. The van der Waals surface area contributed by atoms with Gasteiger partial charge in [-0.3, -0.25) is 0 Å². The van der Waals surface area contributed by atoms with Crippen molar-refractivity contribution in [1.82, 2.24) is 0 Å². The molecule has 2 N–H and O–H groups in total. The average molecular weight is 267 g/mol. The highest BCUT2D eigenvalue weighted by atomic mass is 16.5. The molecule has 0 saturated heterocycles. The number of rotatable bonds is 3. The molecule has 3 rings (SSSR count). The molecule has 0 amide bonds.